The average Bonchev–Trinajstić information content (AvgIpc) is 2.70. The van der Waals surface area contributed by atoms with E-state index < -0.39 is 17.9 Å². The minimum Gasteiger partial charge on any atom is -0.478 e. The standard InChI is InChI=1S/C23H21Cl2NO4/c1-13-18(22(27)28)20(16-9-6-10-17(24)21(16)25)19(14(2)26-13)23(29)30-12-11-15-7-4-3-5-8-15/h3-10,20,26H,11-12H2,1-2H3,(H,27,28). The maximum Gasteiger partial charge on any atom is 0.336 e. The van der Waals surface area contributed by atoms with Gasteiger partial charge in [-0.05, 0) is 31.0 Å². The predicted octanol–water partition coefficient (Wildman–Crippen LogP) is 5.10. The quantitative estimate of drug-likeness (QED) is 0.604. The fourth-order valence-electron chi connectivity index (χ4n) is 3.59. The van der Waals surface area contributed by atoms with Crippen LogP contribution in [0.2, 0.25) is 10.0 Å². The second-order valence-corrected chi connectivity index (χ2v) is 7.74. The number of rotatable bonds is 6. The first-order chi connectivity index (χ1) is 14.3. The molecule has 0 aliphatic carbocycles. The highest BCUT2D eigenvalue weighted by molar-refractivity contribution is 6.42. The number of dihydropyridines is 1. The van der Waals surface area contributed by atoms with E-state index in [1.165, 1.54) is 0 Å². The molecule has 2 aromatic rings. The van der Waals surface area contributed by atoms with Gasteiger partial charge in [0, 0.05) is 17.8 Å². The average molecular weight is 446 g/mol. The highest BCUT2D eigenvalue weighted by Crippen LogP contribution is 2.43. The van der Waals surface area contributed by atoms with E-state index in [4.69, 9.17) is 27.9 Å². The van der Waals surface area contributed by atoms with Gasteiger partial charge >= 0.3 is 11.9 Å². The number of halogens is 2. The van der Waals surface area contributed by atoms with Crippen molar-refractivity contribution in [3.8, 4) is 0 Å². The molecule has 1 heterocycles. The number of nitrogens with one attached hydrogen (secondary N) is 1. The molecule has 0 fully saturated rings. The lowest BCUT2D eigenvalue weighted by molar-refractivity contribution is -0.139. The zero-order valence-corrected chi connectivity index (χ0v) is 18.1. The Hall–Kier alpha value is -2.76. The van der Waals surface area contributed by atoms with Crippen LogP contribution in [0.5, 0.6) is 0 Å². The fraction of sp³-hybridized carbons (Fsp3) is 0.217. The second kappa shape index (κ2) is 9.37. The highest BCUT2D eigenvalue weighted by atomic mass is 35.5. The lowest BCUT2D eigenvalue weighted by Gasteiger charge is -2.30. The number of ether oxygens (including phenoxy) is 1. The van der Waals surface area contributed by atoms with Crippen molar-refractivity contribution in [3.05, 3.63) is 92.2 Å². The molecule has 0 saturated heterocycles. The molecule has 1 unspecified atom stereocenters. The Kier molecular flexibility index (Phi) is 6.85. The zero-order valence-electron chi connectivity index (χ0n) is 16.5. The minimum atomic E-state index is -1.15. The maximum absolute atomic E-state index is 13.0. The molecule has 2 N–H and O–H groups in total. The summed E-state index contributed by atoms with van der Waals surface area (Å²) < 4.78 is 5.51. The van der Waals surface area contributed by atoms with E-state index in [2.05, 4.69) is 5.32 Å². The Bertz CT molecular complexity index is 1040. The van der Waals surface area contributed by atoms with E-state index in [9.17, 15) is 14.7 Å². The van der Waals surface area contributed by atoms with Crippen molar-refractivity contribution >= 4 is 35.1 Å². The Morgan fingerprint density at radius 1 is 1.00 bits per heavy atom. The number of carboxylic acid groups (broad SMARTS) is 1. The smallest absolute Gasteiger partial charge is 0.336 e. The third kappa shape index (κ3) is 4.53. The third-order valence-electron chi connectivity index (χ3n) is 4.97. The Morgan fingerprint density at radius 3 is 2.33 bits per heavy atom. The van der Waals surface area contributed by atoms with Crippen LogP contribution in [-0.2, 0) is 20.7 Å². The molecule has 0 spiro atoms. The number of carbonyl (C=O) groups is 2. The Balaban J connectivity index is 1.95. The van der Waals surface area contributed by atoms with Crippen molar-refractivity contribution < 1.29 is 19.4 Å². The van der Waals surface area contributed by atoms with Crippen molar-refractivity contribution in [2.45, 2.75) is 26.2 Å². The minimum absolute atomic E-state index is 0.0276. The third-order valence-corrected chi connectivity index (χ3v) is 5.80. The van der Waals surface area contributed by atoms with Gasteiger partial charge in [0.2, 0.25) is 0 Å². The largest absolute Gasteiger partial charge is 0.478 e. The van der Waals surface area contributed by atoms with Crippen molar-refractivity contribution in [1.29, 1.82) is 0 Å². The molecule has 1 atom stereocenters. The lowest BCUT2D eigenvalue weighted by atomic mass is 9.80. The van der Waals surface area contributed by atoms with Crippen LogP contribution in [0.3, 0.4) is 0 Å². The number of hydrogen-bond donors (Lipinski definition) is 2. The van der Waals surface area contributed by atoms with E-state index in [0.29, 0.717) is 23.4 Å². The highest BCUT2D eigenvalue weighted by Gasteiger charge is 2.38. The van der Waals surface area contributed by atoms with Gasteiger partial charge < -0.3 is 15.2 Å². The fourth-order valence-corrected chi connectivity index (χ4v) is 4.00. The SMILES string of the molecule is CC1=C(C(=O)O)C(c2cccc(Cl)c2Cl)C(C(=O)OCCc2ccccc2)=C(C)N1. The van der Waals surface area contributed by atoms with E-state index in [-0.39, 0.29) is 27.8 Å². The number of benzene rings is 2. The summed E-state index contributed by atoms with van der Waals surface area (Å²) in [6.07, 6.45) is 0.551. The number of carboxylic acids is 1. The summed E-state index contributed by atoms with van der Waals surface area (Å²) in [6, 6.07) is 14.6. The first-order valence-corrected chi connectivity index (χ1v) is 10.1. The summed E-state index contributed by atoms with van der Waals surface area (Å²) in [7, 11) is 0. The van der Waals surface area contributed by atoms with E-state index in [1.807, 2.05) is 30.3 Å². The van der Waals surface area contributed by atoms with E-state index in [1.54, 1.807) is 32.0 Å². The van der Waals surface area contributed by atoms with Crippen LogP contribution < -0.4 is 5.32 Å². The second-order valence-electron chi connectivity index (χ2n) is 6.96. The lowest BCUT2D eigenvalue weighted by Crippen LogP contribution is -2.32. The molecule has 0 aromatic heterocycles. The summed E-state index contributed by atoms with van der Waals surface area (Å²) >= 11 is 12.6. The number of aliphatic carboxylic acids is 1. The summed E-state index contributed by atoms with van der Waals surface area (Å²) in [5.41, 5.74) is 2.66. The molecule has 156 valence electrons. The van der Waals surface area contributed by atoms with Gasteiger partial charge in [0.1, 0.15) is 0 Å². The Labute approximate surface area is 185 Å². The molecule has 1 aliphatic heterocycles. The molecule has 2 aromatic carbocycles. The first kappa shape index (κ1) is 21.9. The number of esters is 1. The van der Waals surface area contributed by atoms with Crippen molar-refractivity contribution in [3.63, 3.8) is 0 Å². The molecule has 0 amide bonds. The van der Waals surface area contributed by atoms with Crippen molar-refractivity contribution in [2.75, 3.05) is 6.61 Å². The molecule has 1 aliphatic rings. The molecule has 7 heteroatoms. The molecule has 3 rings (SSSR count). The summed E-state index contributed by atoms with van der Waals surface area (Å²) in [5.74, 6) is -2.65. The van der Waals surface area contributed by atoms with Crippen molar-refractivity contribution in [2.24, 2.45) is 0 Å². The number of hydrogen-bond acceptors (Lipinski definition) is 4. The summed E-state index contributed by atoms with van der Waals surface area (Å²) in [6.45, 7) is 3.53. The van der Waals surface area contributed by atoms with Crippen molar-refractivity contribution in [1.82, 2.24) is 5.32 Å². The number of carbonyl (C=O) groups excluding carboxylic acids is 1. The normalized spacial score (nSPS) is 16.3. The van der Waals surface area contributed by atoms with E-state index in [0.717, 1.165) is 5.56 Å². The van der Waals surface area contributed by atoms with Gasteiger partial charge in [-0.3, -0.25) is 0 Å². The predicted molar refractivity (Wildman–Crippen MR) is 116 cm³/mol. The molecule has 0 saturated carbocycles. The van der Waals surface area contributed by atoms with Crippen LogP contribution >= 0.6 is 23.2 Å². The zero-order chi connectivity index (χ0) is 21.8. The van der Waals surface area contributed by atoms with E-state index >= 15 is 0 Å². The number of allylic oxidation sites excluding steroid dienone is 2. The topological polar surface area (TPSA) is 75.6 Å². The van der Waals surface area contributed by atoms with Crippen LogP contribution in [0.25, 0.3) is 0 Å². The monoisotopic (exact) mass is 445 g/mol. The Morgan fingerprint density at radius 2 is 1.67 bits per heavy atom. The molecular formula is C23H21Cl2NO4. The molecular weight excluding hydrogens is 425 g/mol. The molecule has 0 radical (unpaired) electrons. The van der Waals surface area contributed by atoms with Gasteiger partial charge in [-0.1, -0.05) is 65.7 Å². The maximum atomic E-state index is 13.0. The van der Waals surface area contributed by atoms with Gasteiger partial charge in [0.15, 0.2) is 0 Å². The van der Waals surface area contributed by atoms with Gasteiger partial charge in [-0.25, -0.2) is 9.59 Å². The van der Waals surface area contributed by atoms with Gasteiger partial charge in [-0.2, -0.15) is 0 Å². The first-order valence-electron chi connectivity index (χ1n) is 9.38. The van der Waals surface area contributed by atoms with Crippen LogP contribution in [-0.4, -0.2) is 23.7 Å². The molecule has 30 heavy (non-hydrogen) atoms. The summed E-state index contributed by atoms with van der Waals surface area (Å²) in [4.78, 5) is 25.1. The van der Waals surface area contributed by atoms with Gasteiger partial charge in [0.05, 0.1) is 33.7 Å². The van der Waals surface area contributed by atoms with Gasteiger partial charge in [0.25, 0.3) is 0 Å². The molecule has 0 bridgehead atoms. The van der Waals surface area contributed by atoms with Crippen LogP contribution in [0.4, 0.5) is 0 Å². The van der Waals surface area contributed by atoms with Crippen LogP contribution in [0.1, 0.15) is 30.9 Å². The van der Waals surface area contributed by atoms with Crippen LogP contribution in [0.15, 0.2) is 71.1 Å². The molecule has 5 nitrogen and oxygen atoms in total. The summed E-state index contributed by atoms with van der Waals surface area (Å²) in [5, 5.41) is 13.3. The van der Waals surface area contributed by atoms with Gasteiger partial charge in [-0.15, -0.1) is 0 Å². The van der Waals surface area contributed by atoms with Crippen LogP contribution in [0, 0.1) is 0 Å².